The number of carbonyl (C=O) groups excluding carboxylic acids is 1. The molecule has 27 heavy (non-hydrogen) atoms. The Hall–Kier alpha value is -2.33. The molecule has 1 atom stereocenters. The van der Waals surface area contributed by atoms with Gasteiger partial charge in [0.2, 0.25) is 0 Å². The van der Waals surface area contributed by atoms with Crippen LogP contribution in [0.15, 0.2) is 47.4 Å². The Morgan fingerprint density at radius 2 is 1.70 bits per heavy atom. The molecule has 3 rings (SSSR count). The fraction of sp³-hybridized carbons (Fsp3) is 0.235. The minimum absolute atomic E-state index is 0.0124. The van der Waals surface area contributed by atoms with E-state index in [0.717, 1.165) is 24.3 Å². The number of carbonyl (C=O) groups is 1. The van der Waals surface area contributed by atoms with E-state index in [1.54, 1.807) is 0 Å². The Morgan fingerprint density at radius 3 is 2.30 bits per heavy atom. The highest BCUT2D eigenvalue weighted by molar-refractivity contribution is 7.96. The van der Waals surface area contributed by atoms with Gasteiger partial charge in [-0.05, 0) is 36.8 Å². The molecule has 1 saturated heterocycles. The number of para-hydroxylation sites is 1. The van der Waals surface area contributed by atoms with E-state index in [1.165, 1.54) is 18.2 Å². The Morgan fingerprint density at radius 1 is 1.07 bits per heavy atom. The van der Waals surface area contributed by atoms with Gasteiger partial charge >= 0.3 is 0 Å². The molecular formula is C17H15F2NO5S2. The Kier molecular flexibility index (Phi) is 5.04. The van der Waals surface area contributed by atoms with Crippen molar-refractivity contribution in [1.82, 2.24) is 0 Å². The summed E-state index contributed by atoms with van der Waals surface area (Å²) in [5.41, 5.74) is -0.766. The Bertz CT molecular complexity index is 1090. The van der Waals surface area contributed by atoms with E-state index in [-0.39, 0.29) is 22.6 Å². The molecule has 2 aromatic carbocycles. The summed E-state index contributed by atoms with van der Waals surface area (Å²) in [6.07, 6.45) is -0.0124. The third-order valence-electron chi connectivity index (χ3n) is 4.26. The highest BCUT2D eigenvalue weighted by Crippen LogP contribution is 2.26. The molecule has 1 aliphatic rings. The van der Waals surface area contributed by atoms with Gasteiger partial charge in [0.1, 0.15) is 17.3 Å². The number of hydrogen-bond donors (Lipinski definition) is 1. The quantitative estimate of drug-likeness (QED) is 0.826. The van der Waals surface area contributed by atoms with E-state index < -0.39 is 53.9 Å². The van der Waals surface area contributed by atoms with Crippen LogP contribution < -0.4 is 5.32 Å². The first kappa shape index (κ1) is 19.4. The summed E-state index contributed by atoms with van der Waals surface area (Å²) >= 11 is 0. The van der Waals surface area contributed by atoms with Gasteiger partial charge in [-0.15, -0.1) is 0 Å². The van der Waals surface area contributed by atoms with Gasteiger partial charge in [-0.2, -0.15) is 0 Å². The van der Waals surface area contributed by atoms with Crippen LogP contribution in [0.5, 0.6) is 0 Å². The van der Waals surface area contributed by atoms with Crippen LogP contribution >= 0.6 is 0 Å². The molecule has 0 radical (unpaired) electrons. The minimum atomic E-state index is -3.96. The Balaban J connectivity index is 1.88. The number of amides is 1. The summed E-state index contributed by atoms with van der Waals surface area (Å²) in [5.74, 6) is -3.50. The van der Waals surface area contributed by atoms with Crippen molar-refractivity contribution in [3.8, 4) is 0 Å². The zero-order chi connectivity index (χ0) is 19.8. The smallest absolute Gasteiger partial charge is 0.255 e. The van der Waals surface area contributed by atoms with Crippen molar-refractivity contribution in [1.29, 1.82) is 0 Å². The molecule has 0 aliphatic carbocycles. The van der Waals surface area contributed by atoms with Gasteiger partial charge in [-0.25, -0.2) is 25.6 Å². The lowest BCUT2D eigenvalue weighted by atomic mass is 10.2. The zero-order valence-corrected chi connectivity index (χ0v) is 15.5. The molecule has 1 heterocycles. The fourth-order valence-corrected chi connectivity index (χ4v) is 7.22. The maximum Gasteiger partial charge on any atom is 0.255 e. The van der Waals surface area contributed by atoms with Gasteiger partial charge in [0.25, 0.3) is 5.91 Å². The van der Waals surface area contributed by atoms with Crippen LogP contribution in [0.1, 0.15) is 16.8 Å². The highest BCUT2D eigenvalue weighted by Gasteiger charge is 2.38. The number of nitrogens with one attached hydrogen (secondary N) is 1. The monoisotopic (exact) mass is 415 g/mol. The third-order valence-corrected chi connectivity index (χ3v) is 8.43. The molecule has 1 aliphatic heterocycles. The molecular weight excluding hydrogens is 400 g/mol. The summed E-state index contributed by atoms with van der Waals surface area (Å²) in [6.45, 7) is 0. The molecule has 0 aromatic heterocycles. The number of hydrogen-bond acceptors (Lipinski definition) is 5. The van der Waals surface area contributed by atoms with E-state index in [9.17, 15) is 30.4 Å². The molecule has 0 saturated carbocycles. The topological polar surface area (TPSA) is 97.4 Å². The van der Waals surface area contributed by atoms with Crippen LogP contribution in [0.3, 0.4) is 0 Å². The van der Waals surface area contributed by atoms with Crippen molar-refractivity contribution in [3.05, 3.63) is 59.7 Å². The summed E-state index contributed by atoms with van der Waals surface area (Å²) < 4.78 is 75.7. The van der Waals surface area contributed by atoms with E-state index in [1.807, 2.05) is 0 Å². The molecule has 144 valence electrons. The van der Waals surface area contributed by atoms with Crippen LogP contribution in [0.4, 0.5) is 14.5 Å². The average Bonchev–Trinajstić information content (AvgIpc) is 2.99. The second kappa shape index (κ2) is 7.01. The van der Waals surface area contributed by atoms with E-state index >= 15 is 0 Å². The van der Waals surface area contributed by atoms with Crippen LogP contribution in [-0.2, 0) is 19.7 Å². The van der Waals surface area contributed by atoms with E-state index in [2.05, 4.69) is 5.32 Å². The van der Waals surface area contributed by atoms with Crippen molar-refractivity contribution in [2.45, 2.75) is 16.6 Å². The van der Waals surface area contributed by atoms with Crippen molar-refractivity contribution in [2.75, 3.05) is 16.8 Å². The number of benzene rings is 2. The third kappa shape index (κ3) is 4.01. The van der Waals surface area contributed by atoms with E-state index in [0.29, 0.717) is 0 Å². The predicted octanol–water partition coefficient (Wildman–Crippen LogP) is 2.18. The van der Waals surface area contributed by atoms with Crippen molar-refractivity contribution >= 4 is 31.3 Å². The molecule has 0 spiro atoms. The first-order valence-electron chi connectivity index (χ1n) is 7.90. The summed E-state index contributed by atoms with van der Waals surface area (Å²) in [5, 5.41) is 0.998. The molecule has 2 aromatic rings. The molecule has 1 fully saturated rings. The number of rotatable bonds is 4. The van der Waals surface area contributed by atoms with Gasteiger partial charge < -0.3 is 5.32 Å². The predicted molar refractivity (Wildman–Crippen MR) is 95.0 cm³/mol. The molecule has 1 amide bonds. The Labute approximate surface area is 155 Å². The summed E-state index contributed by atoms with van der Waals surface area (Å²) in [6, 6.07) is 8.00. The van der Waals surface area contributed by atoms with Gasteiger partial charge in [0, 0.05) is 5.56 Å². The SMILES string of the molecule is O=C(Nc1c(F)cccc1F)c1cccc(S(=O)(=O)C2CCS(=O)(=O)C2)c1. The maximum atomic E-state index is 13.7. The largest absolute Gasteiger partial charge is 0.317 e. The van der Waals surface area contributed by atoms with Crippen LogP contribution in [0, 0.1) is 11.6 Å². The lowest BCUT2D eigenvalue weighted by molar-refractivity contribution is 0.102. The summed E-state index contributed by atoms with van der Waals surface area (Å²) in [7, 11) is -7.37. The average molecular weight is 415 g/mol. The molecule has 1 unspecified atom stereocenters. The molecule has 10 heteroatoms. The fourth-order valence-electron chi connectivity index (χ4n) is 2.82. The second-order valence-electron chi connectivity index (χ2n) is 6.15. The molecule has 1 N–H and O–H groups in total. The standard InChI is InChI=1S/C17H15F2NO5S2/c18-14-5-2-6-15(19)16(14)20-17(21)11-3-1-4-12(9-11)27(24,25)13-7-8-26(22,23)10-13/h1-6,9,13H,7-8,10H2,(H,20,21). The van der Waals surface area contributed by atoms with Gasteiger partial charge in [0.05, 0.1) is 21.7 Å². The lowest BCUT2D eigenvalue weighted by Crippen LogP contribution is -2.23. The van der Waals surface area contributed by atoms with E-state index in [4.69, 9.17) is 0 Å². The van der Waals surface area contributed by atoms with Crippen LogP contribution in [0.2, 0.25) is 0 Å². The van der Waals surface area contributed by atoms with Crippen molar-refractivity contribution < 1.29 is 30.4 Å². The zero-order valence-electron chi connectivity index (χ0n) is 13.9. The van der Waals surface area contributed by atoms with Crippen molar-refractivity contribution in [2.24, 2.45) is 0 Å². The first-order valence-corrected chi connectivity index (χ1v) is 11.3. The van der Waals surface area contributed by atoms with Gasteiger partial charge in [0.15, 0.2) is 19.7 Å². The number of anilines is 1. The number of halogens is 2. The normalized spacial score (nSPS) is 19.0. The lowest BCUT2D eigenvalue weighted by Gasteiger charge is -2.12. The van der Waals surface area contributed by atoms with Gasteiger partial charge in [-0.3, -0.25) is 4.79 Å². The molecule has 0 bridgehead atoms. The molecule has 6 nitrogen and oxygen atoms in total. The maximum absolute atomic E-state index is 13.7. The number of sulfone groups is 2. The van der Waals surface area contributed by atoms with Crippen LogP contribution in [0.25, 0.3) is 0 Å². The van der Waals surface area contributed by atoms with Crippen LogP contribution in [-0.4, -0.2) is 39.5 Å². The summed E-state index contributed by atoms with van der Waals surface area (Å²) in [4.78, 5) is 12.1. The minimum Gasteiger partial charge on any atom is -0.317 e. The first-order chi connectivity index (χ1) is 12.6. The highest BCUT2D eigenvalue weighted by atomic mass is 32.2. The van der Waals surface area contributed by atoms with Gasteiger partial charge in [-0.1, -0.05) is 12.1 Å². The second-order valence-corrected chi connectivity index (χ2v) is 10.6. The van der Waals surface area contributed by atoms with Crippen molar-refractivity contribution in [3.63, 3.8) is 0 Å².